The fourth-order valence-corrected chi connectivity index (χ4v) is 5.89. The molecule has 3 heterocycles. The van der Waals surface area contributed by atoms with Gasteiger partial charge >= 0.3 is 5.97 Å². The molecule has 0 bridgehead atoms. The summed E-state index contributed by atoms with van der Waals surface area (Å²) in [5.41, 5.74) is 3.56. The fourth-order valence-electron chi connectivity index (χ4n) is 5.89. The minimum Gasteiger partial charge on any atom is -0.465 e. The minimum atomic E-state index is -0.865. The number of benzene rings is 2. The molecule has 2 aromatic rings. The van der Waals surface area contributed by atoms with Gasteiger partial charge in [0.2, 0.25) is 11.8 Å². The molecule has 0 aliphatic carbocycles. The largest absolute Gasteiger partial charge is 0.465 e. The number of aryl methyl sites for hydroxylation is 1. The molecule has 3 aliphatic heterocycles. The highest BCUT2D eigenvalue weighted by Crippen LogP contribution is 2.52. The number of anilines is 2. The van der Waals surface area contributed by atoms with Gasteiger partial charge in [0.15, 0.2) is 5.78 Å². The first-order valence-electron chi connectivity index (χ1n) is 12.1. The van der Waals surface area contributed by atoms with Gasteiger partial charge in [0.05, 0.1) is 36.2 Å². The van der Waals surface area contributed by atoms with Crippen LogP contribution in [-0.4, -0.2) is 42.8 Å². The first-order chi connectivity index (χ1) is 17.0. The topological polar surface area (TPSA) is 84.0 Å². The molecule has 4 atom stereocenters. The molecular weight excluding hydrogens is 456 g/mol. The lowest BCUT2D eigenvalue weighted by atomic mass is 9.79. The first-order valence-corrected chi connectivity index (χ1v) is 12.1. The van der Waals surface area contributed by atoms with Crippen LogP contribution >= 0.6 is 0 Å². The second-order valence-electron chi connectivity index (χ2n) is 10.9. The molecule has 0 radical (unpaired) electrons. The summed E-state index contributed by atoms with van der Waals surface area (Å²) in [5.74, 6) is -3.20. The third-order valence-corrected chi connectivity index (χ3v) is 7.56. The Hall–Kier alpha value is -3.74. The zero-order valence-corrected chi connectivity index (χ0v) is 21.4. The molecule has 2 aromatic carbocycles. The van der Waals surface area contributed by atoms with E-state index in [1.807, 2.05) is 57.7 Å². The van der Waals surface area contributed by atoms with Gasteiger partial charge in [-0.25, -0.2) is 9.69 Å². The number of hydrogen-bond donors (Lipinski definition) is 0. The molecule has 2 amide bonds. The number of carbonyl (C=O) groups excluding carboxylic acids is 4. The Morgan fingerprint density at radius 3 is 2.25 bits per heavy atom. The van der Waals surface area contributed by atoms with Gasteiger partial charge < -0.3 is 9.64 Å². The van der Waals surface area contributed by atoms with Crippen LogP contribution in [0.4, 0.5) is 11.4 Å². The Kier molecular flexibility index (Phi) is 5.43. The smallest absolute Gasteiger partial charge is 0.339 e. The lowest BCUT2D eigenvalue weighted by Crippen LogP contribution is -2.51. The minimum absolute atomic E-state index is 0.0938. The van der Waals surface area contributed by atoms with Gasteiger partial charge in [-0.2, -0.15) is 0 Å². The maximum atomic E-state index is 14.0. The lowest BCUT2D eigenvalue weighted by molar-refractivity contribution is -0.132. The van der Waals surface area contributed by atoms with Gasteiger partial charge in [-0.3, -0.25) is 14.4 Å². The number of imide groups is 1. The van der Waals surface area contributed by atoms with Crippen molar-refractivity contribution in [3.05, 3.63) is 65.2 Å². The Morgan fingerprint density at radius 2 is 1.58 bits per heavy atom. The fraction of sp³-hybridized carbons (Fsp3) is 0.379. The van der Waals surface area contributed by atoms with Crippen LogP contribution in [-0.2, 0) is 19.1 Å². The third-order valence-electron chi connectivity index (χ3n) is 7.56. The molecule has 7 nitrogen and oxygen atoms in total. The van der Waals surface area contributed by atoms with Gasteiger partial charge in [0.25, 0.3) is 0 Å². The van der Waals surface area contributed by atoms with E-state index in [1.54, 1.807) is 18.2 Å². The molecule has 186 valence electrons. The summed E-state index contributed by atoms with van der Waals surface area (Å²) in [4.78, 5) is 57.5. The van der Waals surface area contributed by atoms with Crippen LogP contribution in [0.5, 0.6) is 0 Å². The maximum absolute atomic E-state index is 14.0. The normalized spacial score (nSPS) is 24.8. The second kappa shape index (κ2) is 8.15. The molecule has 7 heteroatoms. The van der Waals surface area contributed by atoms with Crippen LogP contribution in [0.25, 0.3) is 5.57 Å². The summed E-state index contributed by atoms with van der Waals surface area (Å²) in [5, 5.41) is 0. The summed E-state index contributed by atoms with van der Waals surface area (Å²) < 4.78 is 4.89. The zero-order chi connectivity index (χ0) is 26.1. The number of esters is 1. The van der Waals surface area contributed by atoms with Crippen molar-refractivity contribution in [3.8, 4) is 0 Å². The second-order valence-corrected chi connectivity index (χ2v) is 10.9. The number of ether oxygens (including phenoxy) is 1. The quantitative estimate of drug-likeness (QED) is 0.478. The average molecular weight is 487 g/mol. The lowest BCUT2D eigenvalue weighted by Gasteiger charge is -2.39. The number of carbonyl (C=O) groups is 4. The van der Waals surface area contributed by atoms with Gasteiger partial charge in [0, 0.05) is 16.7 Å². The van der Waals surface area contributed by atoms with E-state index in [0.29, 0.717) is 0 Å². The van der Waals surface area contributed by atoms with Gasteiger partial charge in [-0.1, -0.05) is 50.6 Å². The highest BCUT2D eigenvalue weighted by atomic mass is 16.5. The average Bonchev–Trinajstić information content (AvgIpc) is 3.30. The molecule has 3 aliphatic rings. The number of para-hydroxylation sites is 1. The summed E-state index contributed by atoms with van der Waals surface area (Å²) in [6.45, 7) is 9.52. The molecule has 0 N–H and O–H groups in total. The van der Waals surface area contributed by atoms with E-state index >= 15 is 0 Å². The number of methoxy groups -OCH3 is 1. The standard InChI is InChI=1S/C29H30N2O5/c1-15-11-12-20-18(13-15)16(2)14-21-22-23(24(30(20)21)25(32)29(3,4)5)27(34)31(26(22)33)19-10-8-7-9-17(19)28(35)36-6/h7-14,21-24H,1-6H3/t21?,22-,23-,24+/m0/s1. The van der Waals surface area contributed by atoms with Crippen LogP contribution in [0, 0.1) is 24.2 Å². The van der Waals surface area contributed by atoms with Gasteiger partial charge in [-0.05, 0) is 43.7 Å². The van der Waals surface area contributed by atoms with E-state index in [-0.39, 0.29) is 17.0 Å². The van der Waals surface area contributed by atoms with Crippen LogP contribution in [0.3, 0.4) is 0 Å². The molecule has 5 rings (SSSR count). The van der Waals surface area contributed by atoms with Crippen LogP contribution < -0.4 is 9.80 Å². The number of amides is 2. The number of rotatable bonds is 3. The van der Waals surface area contributed by atoms with Gasteiger partial charge in [-0.15, -0.1) is 0 Å². The van der Waals surface area contributed by atoms with E-state index in [9.17, 15) is 19.2 Å². The number of Topliss-reactive ketones (excluding diaryl/α,β-unsaturated/α-hetero) is 1. The van der Waals surface area contributed by atoms with Crippen LogP contribution in [0.2, 0.25) is 0 Å². The number of nitrogens with zero attached hydrogens (tertiary/aromatic N) is 2. The molecular formula is C29H30N2O5. The van der Waals surface area contributed by atoms with E-state index in [0.717, 1.165) is 27.3 Å². The molecule has 0 saturated carbocycles. The summed E-state index contributed by atoms with van der Waals surface area (Å²) in [6, 6.07) is 11.2. The summed E-state index contributed by atoms with van der Waals surface area (Å²) >= 11 is 0. The zero-order valence-electron chi connectivity index (χ0n) is 21.4. The SMILES string of the molecule is COC(=O)c1ccccc1N1C(=O)[C@H]2[C@@H](C1=O)C1C=C(C)c3cc(C)ccc3N1[C@H]2C(=O)C(C)(C)C. The Morgan fingerprint density at radius 1 is 0.917 bits per heavy atom. The van der Waals surface area contributed by atoms with E-state index < -0.39 is 47.1 Å². The summed E-state index contributed by atoms with van der Waals surface area (Å²) in [6.07, 6.45) is 2.01. The Labute approximate surface area is 210 Å². The van der Waals surface area contributed by atoms with Crippen molar-refractivity contribution >= 4 is 40.5 Å². The molecule has 0 spiro atoms. The molecule has 0 aromatic heterocycles. The monoisotopic (exact) mass is 486 g/mol. The van der Waals surface area contributed by atoms with Crippen molar-refractivity contribution < 1.29 is 23.9 Å². The van der Waals surface area contributed by atoms with Crippen molar-refractivity contribution in [3.63, 3.8) is 0 Å². The number of hydrogen-bond acceptors (Lipinski definition) is 6. The highest BCUT2D eigenvalue weighted by Gasteiger charge is 2.65. The van der Waals surface area contributed by atoms with Crippen molar-refractivity contribution in [2.75, 3.05) is 16.9 Å². The van der Waals surface area contributed by atoms with E-state index in [4.69, 9.17) is 4.74 Å². The van der Waals surface area contributed by atoms with E-state index in [1.165, 1.54) is 13.2 Å². The van der Waals surface area contributed by atoms with E-state index in [2.05, 4.69) is 6.07 Å². The number of ketones is 1. The third kappa shape index (κ3) is 3.33. The molecule has 1 unspecified atom stereocenters. The maximum Gasteiger partial charge on any atom is 0.339 e. The van der Waals surface area contributed by atoms with Crippen molar-refractivity contribution in [1.29, 1.82) is 0 Å². The highest BCUT2D eigenvalue weighted by molar-refractivity contribution is 6.26. The van der Waals surface area contributed by atoms with Crippen molar-refractivity contribution in [2.24, 2.45) is 17.3 Å². The van der Waals surface area contributed by atoms with Crippen LogP contribution in [0.15, 0.2) is 48.5 Å². The number of allylic oxidation sites excluding steroid dienone is 1. The number of fused-ring (bicyclic) bond motifs is 5. The summed E-state index contributed by atoms with van der Waals surface area (Å²) in [7, 11) is 1.26. The van der Waals surface area contributed by atoms with Crippen molar-refractivity contribution in [2.45, 2.75) is 46.7 Å². The van der Waals surface area contributed by atoms with Crippen molar-refractivity contribution in [1.82, 2.24) is 0 Å². The Balaban J connectivity index is 1.69. The van der Waals surface area contributed by atoms with Crippen LogP contribution in [0.1, 0.15) is 49.2 Å². The predicted octanol–water partition coefficient (Wildman–Crippen LogP) is 4.18. The molecule has 2 saturated heterocycles. The predicted molar refractivity (Wildman–Crippen MR) is 137 cm³/mol. The van der Waals surface area contributed by atoms with Gasteiger partial charge in [0.1, 0.15) is 6.04 Å². The molecule has 36 heavy (non-hydrogen) atoms. The Bertz CT molecular complexity index is 1350. The molecule has 2 fully saturated rings. The first kappa shape index (κ1) is 24.0.